The van der Waals surface area contributed by atoms with Gasteiger partial charge in [0.1, 0.15) is 13.2 Å². The van der Waals surface area contributed by atoms with Crippen LogP contribution in [0.3, 0.4) is 0 Å². The van der Waals surface area contributed by atoms with Crippen LogP contribution in [0.2, 0.25) is 0 Å². The Bertz CT molecular complexity index is 1060. The number of aliphatic hydroxyl groups excluding tert-OH is 2. The summed E-state index contributed by atoms with van der Waals surface area (Å²) < 4.78 is 10.9. The van der Waals surface area contributed by atoms with Gasteiger partial charge in [-0.1, -0.05) is 53.2 Å². The lowest BCUT2D eigenvalue weighted by molar-refractivity contribution is -0.217. The second kappa shape index (κ2) is 9.82. The molecule has 0 aliphatic heterocycles. The lowest BCUT2D eigenvalue weighted by Gasteiger charge is -2.71. The van der Waals surface area contributed by atoms with Gasteiger partial charge in [0.15, 0.2) is 0 Å². The molecule has 0 aromatic carbocycles. The van der Waals surface area contributed by atoms with Crippen LogP contribution in [0, 0.1) is 50.2 Å². The van der Waals surface area contributed by atoms with E-state index in [0.717, 1.165) is 64.2 Å². The van der Waals surface area contributed by atoms with Gasteiger partial charge in [0.05, 0.1) is 18.1 Å². The number of esters is 2. The zero-order valence-electron chi connectivity index (χ0n) is 26.1. The molecule has 6 nitrogen and oxygen atoms in total. The van der Waals surface area contributed by atoms with E-state index in [2.05, 4.69) is 47.6 Å². The first-order valence-corrected chi connectivity index (χ1v) is 15.9. The molecule has 0 amide bonds. The van der Waals surface area contributed by atoms with Crippen LogP contribution in [0.1, 0.15) is 113 Å². The van der Waals surface area contributed by atoms with E-state index in [9.17, 15) is 19.8 Å². The summed E-state index contributed by atoms with van der Waals surface area (Å²) in [7, 11) is 0. The summed E-state index contributed by atoms with van der Waals surface area (Å²) >= 11 is 0. The summed E-state index contributed by atoms with van der Waals surface area (Å²) in [6.07, 6.45) is 11.6. The summed E-state index contributed by atoms with van der Waals surface area (Å²) in [5.41, 5.74) is 0.837. The maximum Gasteiger partial charge on any atom is 0.312 e. The lowest BCUT2D eigenvalue weighted by Crippen LogP contribution is -2.66. The zero-order chi connectivity index (χ0) is 29.4. The number of hydrogen-bond acceptors (Lipinski definition) is 6. The Kier molecular flexibility index (Phi) is 7.39. The topological polar surface area (TPSA) is 93.1 Å². The zero-order valence-corrected chi connectivity index (χ0v) is 26.1. The second-order valence-corrected chi connectivity index (χ2v) is 16.1. The third-order valence-electron chi connectivity index (χ3n) is 13.8. The summed E-state index contributed by atoms with van der Waals surface area (Å²) in [4.78, 5) is 25.1. The van der Waals surface area contributed by atoms with E-state index >= 15 is 0 Å². The van der Waals surface area contributed by atoms with Gasteiger partial charge < -0.3 is 19.7 Å². The minimum atomic E-state index is -0.508. The fraction of sp³-hybridized carbons (Fsp3) is 0.882. The number of rotatable bonds is 5. The molecule has 4 fully saturated rings. The molecule has 226 valence electrons. The molecule has 0 bridgehead atoms. The van der Waals surface area contributed by atoms with Gasteiger partial charge in [0, 0.05) is 12.3 Å². The molecule has 2 N–H and O–H groups in total. The quantitative estimate of drug-likeness (QED) is 0.236. The number of allylic oxidation sites excluding steroid dienone is 2. The molecule has 6 heteroatoms. The molecule has 5 aliphatic carbocycles. The van der Waals surface area contributed by atoms with Crippen molar-refractivity contribution in [3.8, 4) is 0 Å². The van der Waals surface area contributed by atoms with Crippen molar-refractivity contribution in [3.63, 3.8) is 0 Å². The van der Waals surface area contributed by atoms with Crippen molar-refractivity contribution >= 4 is 11.9 Å². The Hall–Kier alpha value is -1.40. The Morgan fingerprint density at radius 3 is 2.25 bits per heavy atom. The molecule has 0 aromatic rings. The smallest absolute Gasteiger partial charge is 0.312 e. The Balaban J connectivity index is 1.50. The van der Waals surface area contributed by atoms with E-state index in [4.69, 9.17) is 9.47 Å². The summed E-state index contributed by atoms with van der Waals surface area (Å²) in [6, 6.07) is 0. The molecule has 0 heterocycles. The van der Waals surface area contributed by atoms with Crippen LogP contribution in [-0.4, -0.2) is 48.1 Å². The number of ether oxygens (including phenoxy) is 2. The van der Waals surface area contributed by atoms with Gasteiger partial charge in [0.25, 0.3) is 0 Å². The van der Waals surface area contributed by atoms with Crippen molar-refractivity contribution < 1.29 is 29.3 Å². The molecule has 5 aliphatic rings. The van der Waals surface area contributed by atoms with Crippen LogP contribution in [0.5, 0.6) is 0 Å². The fourth-order valence-electron chi connectivity index (χ4n) is 11.1. The van der Waals surface area contributed by atoms with E-state index in [1.807, 2.05) is 0 Å². The van der Waals surface area contributed by atoms with Crippen LogP contribution in [0.4, 0.5) is 0 Å². The normalized spacial score (nSPS) is 47.5. The van der Waals surface area contributed by atoms with Gasteiger partial charge in [0.2, 0.25) is 0 Å². The van der Waals surface area contributed by atoms with Crippen LogP contribution in [0.25, 0.3) is 0 Å². The highest BCUT2D eigenvalue weighted by Gasteiger charge is 2.69. The van der Waals surface area contributed by atoms with Crippen LogP contribution in [-0.2, 0) is 19.1 Å². The highest BCUT2D eigenvalue weighted by molar-refractivity contribution is 5.79. The minimum Gasteiger partial charge on any atom is -0.462 e. The van der Waals surface area contributed by atoms with Crippen molar-refractivity contribution in [2.75, 3.05) is 19.8 Å². The Labute approximate surface area is 241 Å². The Morgan fingerprint density at radius 2 is 1.57 bits per heavy atom. The van der Waals surface area contributed by atoms with Gasteiger partial charge in [-0.2, -0.15) is 0 Å². The molecule has 9 atom stereocenters. The maximum atomic E-state index is 13.9. The minimum absolute atomic E-state index is 0.00478. The number of fused-ring (bicyclic) bond motifs is 7. The summed E-state index contributed by atoms with van der Waals surface area (Å²) in [6.45, 7) is 15.9. The van der Waals surface area contributed by atoms with Gasteiger partial charge >= 0.3 is 11.9 Å². The van der Waals surface area contributed by atoms with Crippen LogP contribution >= 0.6 is 0 Å². The van der Waals surface area contributed by atoms with E-state index < -0.39 is 16.9 Å². The van der Waals surface area contributed by atoms with Crippen molar-refractivity contribution in [1.29, 1.82) is 0 Å². The SMILES string of the molecule is CC(=O)OCCOC(=O)[C@]12CCC(C)(C)C[C@H]1C1=CC[C@@H]3[C@@]4(C)CC[C@H](O)[C@@](C)(CO)[C@@H]4CC[C@@]3(C)[C@]1(C)CC2. The predicted octanol–water partition coefficient (Wildman–Crippen LogP) is 6.23. The van der Waals surface area contributed by atoms with E-state index in [0.29, 0.717) is 11.8 Å². The first-order valence-electron chi connectivity index (χ1n) is 15.9. The van der Waals surface area contributed by atoms with Gasteiger partial charge in [-0.25, -0.2) is 0 Å². The molecule has 0 saturated heterocycles. The van der Waals surface area contributed by atoms with Crippen LogP contribution in [0.15, 0.2) is 11.6 Å². The number of carbonyl (C=O) groups is 2. The summed E-state index contributed by atoms with van der Waals surface area (Å²) in [5.74, 6) is 0.478. The predicted molar refractivity (Wildman–Crippen MR) is 154 cm³/mol. The molecular weight excluding hydrogens is 504 g/mol. The highest BCUT2D eigenvalue weighted by Crippen LogP contribution is 2.75. The number of aliphatic hydroxyl groups is 2. The fourth-order valence-corrected chi connectivity index (χ4v) is 11.1. The molecule has 40 heavy (non-hydrogen) atoms. The average molecular weight is 559 g/mol. The average Bonchev–Trinajstić information content (AvgIpc) is 2.89. The molecule has 0 spiro atoms. The molecule has 0 unspecified atom stereocenters. The first kappa shape index (κ1) is 30.1. The second-order valence-electron chi connectivity index (χ2n) is 16.1. The molecule has 0 aromatic heterocycles. The van der Waals surface area contributed by atoms with Gasteiger partial charge in [-0.15, -0.1) is 0 Å². The van der Waals surface area contributed by atoms with Crippen molar-refractivity contribution in [2.45, 2.75) is 119 Å². The van der Waals surface area contributed by atoms with E-state index in [-0.39, 0.29) is 59.3 Å². The van der Waals surface area contributed by atoms with Crippen LogP contribution < -0.4 is 0 Å². The molecule has 5 rings (SSSR count). The molecular formula is C34H54O6. The van der Waals surface area contributed by atoms with Crippen molar-refractivity contribution in [2.24, 2.45) is 50.2 Å². The summed E-state index contributed by atoms with van der Waals surface area (Å²) in [5, 5.41) is 21.5. The monoisotopic (exact) mass is 558 g/mol. The maximum absolute atomic E-state index is 13.9. The molecule has 4 saturated carbocycles. The largest absolute Gasteiger partial charge is 0.462 e. The van der Waals surface area contributed by atoms with Gasteiger partial charge in [-0.3, -0.25) is 9.59 Å². The van der Waals surface area contributed by atoms with Gasteiger partial charge in [-0.05, 0) is 104 Å². The van der Waals surface area contributed by atoms with E-state index in [1.54, 1.807) is 0 Å². The van der Waals surface area contributed by atoms with E-state index in [1.165, 1.54) is 12.5 Å². The Morgan fingerprint density at radius 1 is 0.900 bits per heavy atom. The highest BCUT2D eigenvalue weighted by atomic mass is 16.6. The van der Waals surface area contributed by atoms with Crippen molar-refractivity contribution in [3.05, 3.63) is 11.6 Å². The lowest BCUT2D eigenvalue weighted by atomic mass is 9.33. The molecule has 0 radical (unpaired) electrons. The number of carbonyl (C=O) groups excluding carboxylic acids is 2. The number of hydrogen-bond donors (Lipinski definition) is 2. The standard InChI is InChI=1S/C34H54O6/c1-22(36)39-18-19-40-28(38)34-16-14-29(2,3)20-24(34)23-8-9-26-30(4)12-11-27(37)31(5,21-35)25(30)10-13-33(26,7)32(23,6)15-17-34/h8,24-27,35,37H,9-21H2,1-7H3/t24-,25+,26+,27-,30-,31-,32+,33+,34-/m0/s1. The van der Waals surface area contributed by atoms with Crippen molar-refractivity contribution in [1.82, 2.24) is 0 Å². The third kappa shape index (κ3) is 4.16. The first-order chi connectivity index (χ1) is 18.6. The third-order valence-corrected chi connectivity index (χ3v) is 13.8.